The number of aromatic nitrogens is 7. The van der Waals surface area contributed by atoms with Crippen LogP contribution < -0.4 is 5.69 Å². The Hall–Kier alpha value is -3.29. The molecule has 0 saturated heterocycles. The molecule has 0 fully saturated rings. The van der Waals surface area contributed by atoms with E-state index in [4.69, 9.17) is 0 Å². The summed E-state index contributed by atoms with van der Waals surface area (Å²) in [5.41, 5.74) is 2.65. The molecule has 0 aliphatic heterocycles. The van der Waals surface area contributed by atoms with Crippen molar-refractivity contribution < 1.29 is 0 Å². The first-order chi connectivity index (χ1) is 10.3. The first-order valence-corrected chi connectivity index (χ1v) is 6.21. The normalized spacial score (nSPS) is 11.0. The van der Waals surface area contributed by atoms with E-state index in [-0.39, 0.29) is 0 Å². The van der Waals surface area contributed by atoms with Crippen LogP contribution in [0.5, 0.6) is 0 Å². The van der Waals surface area contributed by atoms with Gasteiger partial charge in [-0.25, -0.2) is 14.6 Å². The van der Waals surface area contributed by atoms with E-state index in [1.807, 2.05) is 24.4 Å². The maximum Gasteiger partial charge on any atom is 0.361 e. The Kier molecular flexibility index (Phi) is 2.40. The fraction of sp³-hybridized carbons (Fsp3) is 0. The summed E-state index contributed by atoms with van der Waals surface area (Å²) < 4.78 is 1.75. The highest BCUT2D eigenvalue weighted by molar-refractivity contribution is 5.97. The largest absolute Gasteiger partial charge is 0.361 e. The lowest BCUT2D eigenvalue weighted by Gasteiger charge is -2.06. The third kappa shape index (κ3) is 1.81. The number of fused-ring (bicyclic) bond motifs is 1. The second-order valence-electron chi connectivity index (χ2n) is 4.41. The van der Waals surface area contributed by atoms with Gasteiger partial charge in [-0.3, -0.25) is 5.10 Å². The molecule has 0 saturated carbocycles. The van der Waals surface area contributed by atoms with Crippen molar-refractivity contribution in [2.24, 2.45) is 0 Å². The van der Waals surface area contributed by atoms with Crippen molar-refractivity contribution >= 4 is 10.9 Å². The first kappa shape index (κ1) is 11.5. The Morgan fingerprint density at radius 2 is 2.10 bits per heavy atom. The zero-order valence-corrected chi connectivity index (χ0v) is 10.7. The Balaban J connectivity index is 1.97. The van der Waals surface area contributed by atoms with E-state index in [2.05, 4.69) is 30.5 Å². The van der Waals surface area contributed by atoms with Gasteiger partial charge in [0.05, 0.1) is 23.6 Å². The lowest BCUT2D eigenvalue weighted by atomic mass is 10.1. The van der Waals surface area contributed by atoms with E-state index in [1.54, 1.807) is 17.1 Å². The van der Waals surface area contributed by atoms with Crippen LogP contribution in [0.3, 0.4) is 0 Å². The van der Waals surface area contributed by atoms with Crippen LogP contribution in [-0.2, 0) is 0 Å². The summed E-state index contributed by atoms with van der Waals surface area (Å²) in [5.74, 6) is 0. The molecule has 21 heavy (non-hydrogen) atoms. The average molecular weight is 279 g/mol. The van der Waals surface area contributed by atoms with E-state index in [1.165, 1.54) is 6.20 Å². The Bertz CT molecular complexity index is 947. The Labute approximate surface area is 117 Å². The van der Waals surface area contributed by atoms with Crippen molar-refractivity contribution in [3.05, 3.63) is 53.5 Å². The van der Waals surface area contributed by atoms with Crippen molar-refractivity contribution in [3.8, 4) is 16.9 Å². The summed E-state index contributed by atoms with van der Waals surface area (Å²) in [6.45, 7) is 0. The summed E-state index contributed by atoms with van der Waals surface area (Å²) in [5, 5.41) is 18.5. The number of hydrogen-bond acceptors (Lipinski definition) is 5. The molecular formula is C13H9N7O. The monoisotopic (exact) mass is 279 g/mol. The van der Waals surface area contributed by atoms with Gasteiger partial charge >= 0.3 is 5.69 Å². The second-order valence-corrected chi connectivity index (χ2v) is 4.41. The molecule has 3 aromatic heterocycles. The van der Waals surface area contributed by atoms with Crippen LogP contribution in [0.2, 0.25) is 0 Å². The molecule has 0 bridgehead atoms. The van der Waals surface area contributed by atoms with E-state index >= 15 is 0 Å². The summed E-state index contributed by atoms with van der Waals surface area (Å²) in [4.78, 5) is 14.7. The Morgan fingerprint density at radius 3 is 2.86 bits per heavy atom. The van der Waals surface area contributed by atoms with Gasteiger partial charge in [-0.1, -0.05) is 0 Å². The molecule has 0 unspecified atom stereocenters. The second kappa shape index (κ2) is 4.37. The lowest BCUT2D eigenvalue weighted by Crippen LogP contribution is -2.11. The van der Waals surface area contributed by atoms with Crippen molar-refractivity contribution in [2.75, 3.05) is 0 Å². The topological polar surface area (TPSA) is 105 Å². The minimum atomic E-state index is -0.477. The molecule has 0 aliphatic carbocycles. The molecule has 2 N–H and O–H groups in total. The quantitative estimate of drug-likeness (QED) is 0.567. The van der Waals surface area contributed by atoms with Crippen molar-refractivity contribution in [1.29, 1.82) is 0 Å². The lowest BCUT2D eigenvalue weighted by molar-refractivity contribution is 0.883. The average Bonchev–Trinajstić information content (AvgIpc) is 3.19. The predicted molar refractivity (Wildman–Crippen MR) is 74.9 cm³/mol. The molecule has 4 aromatic rings. The highest BCUT2D eigenvalue weighted by Crippen LogP contribution is 2.29. The zero-order valence-electron chi connectivity index (χ0n) is 10.7. The van der Waals surface area contributed by atoms with Crippen LogP contribution in [-0.4, -0.2) is 35.2 Å². The van der Waals surface area contributed by atoms with Crippen LogP contribution in [0.25, 0.3) is 27.8 Å². The van der Waals surface area contributed by atoms with Crippen LogP contribution in [0.4, 0.5) is 0 Å². The van der Waals surface area contributed by atoms with Crippen molar-refractivity contribution in [2.45, 2.75) is 0 Å². The van der Waals surface area contributed by atoms with Gasteiger partial charge < -0.3 is 0 Å². The SMILES string of the molecule is O=c1ncc(-c2ccc(-n3cccn3)c3[nH]ncc23)n[nH]1. The highest BCUT2D eigenvalue weighted by atomic mass is 16.1. The molecule has 8 nitrogen and oxygen atoms in total. The van der Waals surface area contributed by atoms with E-state index < -0.39 is 5.69 Å². The van der Waals surface area contributed by atoms with E-state index in [0.717, 1.165) is 22.2 Å². The number of benzene rings is 1. The molecule has 1 aromatic carbocycles. The zero-order chi connectivity index (χ0) is 14.2. The molecule has 4 rings (SSSR count). The number of aromatic amines is 2. The summed E-state index contributed by atoms with van der Waals surface area (Å²) in [6, 6.07) is 5.66. The van der Waals surface area contributed by atoms with E-state index in [0.29, 0.717) is 5.69 Å². The number of H-pyrrole nitrogens is 2. The number of nitrogens with zero attached hydrogens (tertiary/aromatic N) is 5. The van der Waals surface area contributed by atoms with Crippen LogP contribution >= 0.6 is 0 Å². The number of nitrogens with one attached hydrogen (secondary N) is 2. The van der Waals surface area contributed by atoms with Crippen molar-refractivity contribution in [3.63, 3.8) is 0 Å². The third-order valence-corrected chi connectivity index (χ3v) is 3.20. The highest BCUT2D eigenvalue weighted by Gasteiger charge is 2.12. The van der Waals surface area contributed by atoms with Gasteiger partial charge in [0, 0.05) is 23.3 Å². The van der Waals surface area contributed by atoms with Crippen LogP contribution in [0.15, 0.2) is 47.8 Å². The molecule has 102 valence electrons. The fourth-order valence-corrected chi connectivity index (χ4v) is 2.26. The molecule has 0 spiro atoms. The van der Waals surface area contributed by atoms with Gasteiger partial charge in [0.15, 0.2) is 0 Å². The molecule has 0 aliphatic rings. The van der Waals surface area contributed by atoms with Crippen LogP contribution in [0, 0.1) is 0 Å². The minimum absolute atomic E-state index is 0.477. The standard InChI is InChI=1S/C13H9N7O/c21-13-14-7-10(17-19-13)8-2-3-11(20-5-1-4-16-20)12-9(8)6-15-18-12/h1-7H,(H,15,18)(H,14,19,21). The van der Waals surface area contributed by atoms with Gasteiger partial charge in [-0.15, -0.1) is 0 Å². The predicted octanol–water partition coefficient (Wildman–Crippen LogP) is 0.894. The maximum absolute atomic E-state index is 11.0. The van der Waals surface area contributed by atoms with Gasteiger partial charge in [0.25, 0.3) is 0 Å². The molecule has 0 amide bonds. The minimum Gasteiger partial charge on any atom is -0.276 e. The molecular weight excluding hydrogens is 270 g/mol. The summed E-state index contributed by atoms with van der Waals surface area (Å²) >= 11 is 0. The van der Waals surface area contributed by atoms with Gasteiger partial charge in [-0.05, 0) is 18.2 Å². The third-order valence-electron chi connectivity index (χ3n) is 3.20. The number of rotatable bonds is 2. The summed E-state index contributed by atoms with van der Waals surface area (Å²) in [6.07, 6.45) is 6.72. The van der Waals surface area contributed by atoms with Gasteiger partial charge in [0.1, 0.15) is 5.69 Å². The molecule has 3 heterocycles. The van der Waals surface area contributed by atoms with Gasteiger partial charge in [0.2, 0.25) is 0 Å². The van der Waals surface area contributed by atoms with E-state index in [9.17, 15) is 4.79 Å². The van der Waals surface area contributed by atoms with Gasteiger partial charge in [-0.2, -0.15) is 20.3 Å². The molecule has 0 atom stereocenters. The first-order valence-electron chi connectivity index (χ1n) is 6.21. The Morgan fingerprint density at radius 1 is 1.14 bits per heavy atom. The van der Waals surface area contributed by atoms with Crippen molar-refractivity contribution in [1.82, 2.24) is 35.2 Å². The molecule has 0 radical (unpaired) electrons. The fourth-order valence-electron chi connectivity index (χ4n) is 2.26. The van der Waals surface area contributed by atoms with Crippen LogP contribution in [0.1, 0.15) is 0 Å². The summed E-state index contributed by atoms with van der Waals surface area (Å²) in [7, 11) is 0. The maximum atomic E-state index is 11.0. The molecule has 8 heteroatoms. The number of hydrogen-bond donors (Lipinski definition) is 2. The smallest absolute Gasteiger partial charge is 0.276 e.